The minimum atomic E-state index is -2.33. The Kier molecular flexibility index (Phi) is 8.36. The number of methoxy groups -OCH3 is 1. The Hall–Kier alpha value is -0.870. The summed E-state index contributed by atoms with van der Waals surface area (Å²) in [4.78, 5) is 25.5. The third-order valence-electron chi connectivity index (χ3n) is 4.28. The number of rotatable bonds is 10. The van der Waals surface area contributed by atoms with Gasteiger partial charge in [0.05, 0.1) is 19.3 Å². The molecule has 1 aliphatic heterocycles. The molecule has 154 valence electrons. The lowest BCUT2D eigenvalue weighted by molar-refractivity contribution is -0.0549. The van der Waals surface area contributed by atoms with Crippen molar-refractivity contribution in [2.24, 2.45) is 0 Å². The van der Waals surface area contributed by atoms with Crippen molar-refractivity contribution in [3.05, 3.63) is 33.1 Å². The van der Waals surface area contributed by atoms with E-state index in [-0.39, 0.29) is 0 Å². The Balaban J connectivity index is 2.05. The fourth-order valence-corrected chi connectivity index (χ4v) is 5.82. The molecule has 4 unspecified atom stereocenters. The van der Waals surface area contributed by atoms with E-state index in [9.17, 15) is 14.7 Å². The summed E-state index contributed by atoms with van der Waals surface area (Å²) in [7, 11) is 1.44. The first-order valence-electron chi connectivity index (χ1n) is 8.91. The van der Waals surface area contributed by atoms with Crippen molar-refractivity contribution in [1.82, 2.24) is 9.55 Å². The van der Waals surface area contributed by atoms with Crippen molar-refractivity contribution in [3.63, 3.8) is 0 Å². The molecule has 0 spiro atoms. The maximum absolute atomic E-state index is 12.0. The minimum Gasteiger partial charge on any atom is -0.388 e. The summed E-state index contributed by atoms with van der Waals surface area (Å²) in [5.74, 6) is 0. The molecule has 0 aromatic carbocycles. The van der Waals surface area contributed by atoms with Crippen LogP contribution >= 0.6 is 6.49 Å². The minimum absolute atomic E-state index is 0.489. The number of aliphatic hydroxyl groups is 1. The molecule has 2 heterocycles. The lowest BCUT2D eigenvalue weighted by Crippen LogP contribution is -2.38. The van der Waals surface area contributed by atoms with E-state index < -0.39 is 42.3 Å². The van der Waals surface area contributed by atoms with E-state index in [4.69, 9.17) is 30.3 Å². The third kappa shape index (κ3) is 5.57. The van der Waals surface area contributed by atoms with Crippen molar-refractivity contribution in [2.75, 3.05) is 26.5 Å². The Morgan fingerprint density at radius 1 is 1.33 bits per heavy atom. The second-order valence-corrected chi connectivity index (χ2v) is 9.94. The van der Waals surface area contributed by atoms with E-state index in [2.05, 4.69) is 4.98 Å². The van der Waals surface area contributed by atoms with Crippen LogP contribution in [0.3, 0.4) is 0 Å². The smallest absolute Gasteiger partial charge is 0.330 e. The fraction of sp³-hybridized carbons (Fsp3) is 0.750. The number of H-pyrrole nitrogens is 1. The van der Waals surface area contributed by atoms with Crippen LogP contribution in [0.2, 0.25) is 0 Å². The molecule has 0 amide bonds. The zero-order valence-electron chi connectivity index (χ0n) is 15.7. The Labute approximate surface area is 162 Å². The van der Waals surface area contributed by atoms with E-state index in [0.29, 0.717) is 32.2 Å². The van der Waals surface area contributed by atoms with Crippen LogP contribution in [0.25, 0.3) is 0 Å². The maximum Gasteiger partial charge on any atom is 0.330 e. The zero-order valence-corrected chi connectivity index (χ0v) is 17.4. The number of aromatic nitrogens is 2. The van der Waals surface area contributed by atoms with Gasteiger partial charge in [0.15, 0.2) is 12.7 Å². The third-order valence-corrected chi connectivity index (χ3v) is 7.63. The van der Waals surface area contributed by atoms with Crippen LogP contribution in [0.1, 0.15) is 32.9 Å². The quantitative estimate of drug-likeness (QED) is 0.537. The van der Waals surface area contributed by atoms with E-state index in [1.54, 1.807) is 0 Å². The van der Waals surface area contributed by atoms with Crippen molar-refractivity contribution >= 4 is 18.3 Å². The molecule has 0 radical (unpaired) electrons. The SMILES string of the molecule is CCOP(=S)(CCCC1OC(n2ccc(=O)[nH]c2=O)C(OC)C1O)OCC. The molecule has 2 N–H and O–H groups in total. The van der Waals surface area contributed by atoms with Crippen LogP contribution in [0.5, 0.6) is 0 Å². The number of hydrogen-bond donors (Lipinski definition) is 2. The molecule has 1 aliphatic rings. The molecule has 4 atom stereocenters. The standard InChI is InChI=1S/C16H27N2O7PS/c1-4-23-26(27,24-5-2)10-6-7-11-13(20)14(22-3)15(25-11)18-9-8-12(19)17-16(18)21/h8-9,11,13-15,20H,4-7,10H2,1-3H3,(H,17,19,21). The number of nitrogens with one attached hydrogen (secondary N) is 1. The molecule has 1 aromatic rings. The first-order valence-corrected chi connectivity index (χ1v) is 11.7. The summed E-state index contributed by atoms with van der Waals surface area (Å²) in [5.41, 5.74) is -1.12. The molecule has 1 fully saturated rings. The lowest BCUT2D eigenvalue weighted by Gasteiger charge is -2.22. The Bertz CT molecular complexity index is 758. The summed E-state index contributed by atoms with van der Waals surface area (Å²) in [6, 6.07) is 1.22. The molecule has 1 saturated heterocycles. The summed E-state index contributed by atoms with van der Waals surface area (Å²) < 4.78 is 23.7. The van der Waals surface area contributed by atoms with Gasteiger partial charge in [-0.3, -0.25) is 14.3 Å². The lowest BCUT2D eigenvalue weighted by atomic mass is 10.1. The van der Waals surface area contributed by atoms with Crippen LogP contribution in [-0.4, -0.2) is 59.5 Å². The molecule has 2 rings (SSSR count). The van der Waals surface area contributed by atoms with Gasteiger partial charge in [-0.2, -0.15) is 0 Å². The van der Waals surface area contributed by atoms with E-state index in [1.165, 1.54) is 23.9 Å². The largest absolute Gasteiger partial charge is 0.388 e. The van der Waals surface area contributed by atoms with Gasteiger partial charge in [-0.25, -0.2) is 4.79 Å². The normalized spacial score (nSPS) is 25.8. The van der Waals surface area contributed by atoms with Gasteiger partial charge in [-0.05, 0) is 38.5 Å². The fourth-order valence-electron chi connectivity index (χ4n) is 3.11. The predicted octanol–water partition coefficient (Wildman–Crippen LogP) is 0.973. The average Bonchev–Trinajstić information content (AvgIpc) is 2.91. The number of hydrogen-bond acceptors (Lipinski definition) is 8. The van der Waals surface area contributed by atoms with Crippen molar-refractivity contribution in [1.29, 1.82) is 0 Å². The average molecular weight is 422 g/mol. The van der Waals surface area contributed by atoms with Gasteiger partial charge in [-0.15, -0.1) is 0 Å². The number of aromatic amines is 1. The van der Waals surface area contributed by atoms with Gasteiger partial charge in [0.1, 0.15) is 12.2 Å². The van der Waals surface area contributed by atoms with Gasteiger partial charge in [0.2, 0.25) is 0 Å². The van der Waals surface area contributed by atoms with Gasteiger partial charge in [0, 0.05) is 25.5 Å². The van der Waals surface area contributed by atoms with Crippen LogP contribution in [0.15, 0.2) is 21.9 Å². The highest BCUT2D eigenvalue weighted by Gasteiger charge is 2.45. The Morgan fingerprint density at radius 2 is 2.00 bits per heavy atom. The molecule has 27 heavy (non-hydrogen) atoms. The van der Waals surface area contributed by atoms with Crippen molar-refractivity contribution < 1.29 is 23.6 Å². The Morgan fingerprint density at radius 3 is 2.56 bits per heavy atom. The molecule has 9 nitrogen and oxygen atoms in total. The van der Waals surface area contributed by atoms with E-state index >= 15 is 0 Å². The molecule has 0 bridgehead atoms. The number of aliphatic hydroxyl groups excluding tert-OH is 1. The molecule has 11 heteroatoms. The second-order valence-electron chi connectivity index (χ2n) is 6.09. The van der Waals surface area contributed by atoms with Crippen molar-refractivity contribution in [2.45, 2.75) is 51.2 Å². The van der Waals surface area contributed by atoms with Gasteiger partial charge in [-0.1, -0.05) is 0 Å². The zero-order chi connectivity index (χ0) is 20.0. The first-order chi connectivity index (χ1) is 12.8. The number of nitrogens with zero attached hydrogens (tertiary/aromatic N) is 1. The summed E-state index contributed by atoms with van der Waals surface area (Å²) in [6.07, 6.45) is 0.0219. The second kappa shape index (κ2) is 10.1. The van der Waals surface area contributed by atoms with Crippen molar-refractivity contribution in [3.8, 4) is 0 Å². The summed E-state index contributed by atoms with van der Waals surface area (Å²) >= 11 is 5.50. The monoisotopic (exact) mass is 422 g/mol. The summed E-state index contributed by atoms with van der Waals surface area (Å²) in [5, 5.41) is 10.5. The highest BCUT2D eigenvalue weighted by Crippen LogP contribution is 2.49. The van der Waals surface area contributed by atoms with Gasteiger partial charge in [0.25, 0.3) is 5.56 Å². The first kappa shape index (κ1) is 22.4. The van der Waals surface area contributed by atoms with Crippen LogP contribution < -0.4 is 11.2 Å². The van der Waals surface area contributed by atoms with E-state index in [0.717, 1.165) is 0 Å². The molecule has 0 aliphatic carbocycles. The van der Waals surface area contributed by atoms with Gasteiger partial charge >= 0.3 is 5.69 Å². The molecular weight excluding hydrogens is 395 g/mol. The molecule has 1 aromatic heterocycles. The van der Waals surface area contributed by atoms with E-state index in [1.807, 2.05) is 13.8 Å². The highest BCUT2D eigenvalue weighted by atomic mass is 32.5. The molecule has 0 saturated carbocycles. The highest BCUT2D eigenvalue weighted by molar-refractivity contribution is 8.09. The topological polar surface area (TPSA) is 112 Å². The summed E-state index contributed by atoms with van der Waals surface area (Å²) in [6.45, 7) is 2.39. The molecular formula is C16H27N2O7PS. The predicted molar refractivity (Wildman–Crippen MR) is 104 cm³/mol. The van der Waals surface area contributed by atoms with Crippen LogP contribution in [-0.2, 0) is 30.3 Å². The van der Waals surface area contributed by atoms with Gasteiger partial charge < -0.3 is 23.6 Å². The maximum atomic E-state index is 12.0. The van der Waals surface area contributed by atoms with Crippen LogP contribution in [0, 0.1) is 0 Å². The van der Waals surface area contributed by atoms with Crippen LogP contribution in [0.4, 0.5) is 0 Å². The number of ether oxygens (including phenoxy) is 2.